The predicted octanol–water partition coefficient (Wildman–Crippen LogP) is 3.75. The predicted molar refractivity (Wildman–Crippen MR) is 86.3 cm³/mol. The van der Waals surface area contributed by atoms with Gasteiger partial charge in [-0.3, -0.25) is 0 Å². The van der Waals surface area contributed by atoms with E-state index in [0.29, 0.717) is 13.2 Å². The summed E-state index contributed by atoms with van der Waals surface area (Å²) in [5.41, 5.74) is 4.69. The quantitative estimate of drug-likeness (QED) is 0.849. The molecule has 2 aromatic rings. The van der Waals surface area contributed by atoms with Gasteiger partial charge in [0.1, 0.15) is 0 Å². The van der Waals surface area contributed by atoms with Crippen molar-refractivity contribution in [3.8, 4) is 0 Å². The molecule has 108 valence electrons. The zero-order chi connectivity index (χ0) is 14.7. The molecule has 0 spiro atoms. The van der Waals surface area contributed by atoms with Gasteiger partial charge in [0, 0.05) is 14.2 Å². The van der Waals surface area contributed by atoms with Crippen molar-refractivity contribution in [2.45, 2.75) is 5.41 Å². The molecule has 2 nitrogen and oxygen atoms in total. The van der Waals surface area contributed by atoms with E-state index in [1.165, 1.54) is 22.3 Å². The molecule has 0 N–H and O–H groups in total. The number of benzene rings is 2. The van der Waals surface area contributed by atoms with Crippen molar-refractivity contribution < 1.29 is 9.47 Å². The number of fused-ring (bicyclic) bond motifs is 2. The minimum atomic E-state index is -0.278. The third-order valence-corrected chi connectivity index (χ3v) is 4.18. The van der Waals surface area contributed by atoms with Gasteiger partial charge in [-0.25, -0.2) is 0 Å². The monoisotopic (exact) mass is 280 g/mol. The highest BCUT2D eigenvalue weighted by molar-refractivity contribution is 5.77. The van der Waals surface area contributed by atoms with Crippen molar-refractivity contribution in [1.82, 2.24) is 0 Å². The molecule has 2 aromatic carbocycles. The van der Waals surface area contributed by atoms with Crippen LogP contribution in [0.1, 0.15) is 22.3 Å². The van der Waals surface area contributed by atoms with Crippen molar-refractivity contribution in [1.29, 1.82) is 0 Å². The van der Waals surface area contributed by atoms with Gasteiger partial charge >= 0.3 is 0 Å². The molecule has 1 aliphatic rings. The van der Waals surface area contributed by atoms with Gasteiger partial charge in [-0.05, 0) is 22.3 Å². The zero-order valence-corrected chi connectivity index (χ0v) is 12.5. The molecule has 2 heteroatoms. The lowest BCUT2D eigenvalue weighted by atomic mass is 9.73. The lowest BCUT2D eigenvalue weighted by molar-refractivity contribution is 0.0793. The Hall–Kier alpha value is -1.90. The smallest absolute Gasteiger partial charge is 0.0680 e. The standard InChI is InChI=1S/C19H20O2/c1-20-13-19(14-21-2)17-9-5-3-7-15(17)11-12-16-8-4-6-10-18(16)19/h3-12H,13-14H2,1-2H3. The maximum Gasteiger partial charge on any atom is 0.0680 e. The van der Waals surface area contributed by atoms with Crippen LogP contribution in [0.3, 0.4) is 0 Å². The van der Waals surface area contributed by atoms with E-state index >= 15 is 0 Å². The second-order valence-electron chi connectivity index (χ2n) is 5.46. The van der Waals surface area contributed by atoms with Crippen LogP contribution in [0.15, 0.2) is 48.5 Å². The Kier molecular flexibility index (Phi) is 3.91. The first-order valence-corrected chi connectivity index (χ1v) is 7.17. The molecule has 0 aromatic heterocycles. The molecule has 21 heavy (non-hydrogen) atoms. The largest absolute Gasteiger partial charge is 0.383 e. The van der Waals surface area contributed by atoms with Gasteiger partial charge in [-0.1, -0.05) is 60.7 Å². The number of hydrogen-bond acceptors (Lipinski definition) is 2. The van der Waals surface area contributed by atoms with Crippen molar-refractivity contribution in [3.63, 3.8) is 0 Å². The molecule has 3 rings (SSSR count). The highest BCUT2D eigenvalue weighted by atomic mass is 16.5. The average Bonchev–Trinajstić information content (AvgIpc) is 2.65. The van der Waals surface area contributed by atoms with Crippen LogP contribution in [0.2, 0.25) is 0 Å². The molecule has 0 amide bonds. The number of methoxy groups -OCH3 is 2. The molecular formula is C19H20O2. The van der Waals surface area contributed by atoms with E-state index < -0.39 is 0 Å². The summed E-state index contributed by atoms with van der Waals surface area (Å²) >= 11 is 0. The average molecular weight is 280 g/mol. The molecule has 0 saturated heterocycles. The van der Waals surface area contributed by atoms with Crippen LogP contribution < -0.4 is 0 Å². The fourth-order valence-corrected chi connectivity index (χ4v) is 3.33. The van der Waals surface area contributed by atoms with E-state index in [2.05, 4.69) is 60.7 Å². The van der Waals surface area contributed by atoms with Crippen LogP contribution in [0, 0.1) is 0 Å². The van der Waals surface area contributed by atoms with Crippen LogP contribution in [0.5, 0.6) is 0 Å². The Morgan fingerprint density at radius 2 is 1.14 bits per heavy atom. The lowest BCUT2D eigenvalue weighted by Gasteiger charge is -2.35. The van der Waals surface area contributed by atoms with Crippen LogP contribution >= 0.6 is 0 Å². The van der Waals surface area contributed by atoms with Gasteiger partial charge in [0.15, 0.2) is 0 Å². The Balaban J connectivity index is 2.31. The Labute approximate surface area is 126 Å². The number of ether oxygens (including phenoxy) is 2. The molecule has 0 saturated carbocycles. The molecule has 0 aliphatic heterocycles. The maximum absolute atomic E-state index is 5.60. The molecule has 1 aliphatic carbocycles. The third kappa shape index (κ3) is 2.31. The van der Waals surface area contributed by atoms with Crippen LogP contribution in [-0.2, 0) is 14.9 Å². The van der Waals surface area contributed by atoms with Crippen molar-refractivity contribution in [3.05, 3.63) is 70.8 Å². The minimum Gasteiger partial charge on any atom is -0.383 e. The Morgan fingerprint density at radius 1 is 0.714 bits per heavy atom. The topological polar surface area (TPSA) is 18.5 Å². The highest BCUT2D eigenvalue weighted by Gasteiger charge is 2.38. The molecule has 0 heterocycles. The lowest BCUT2D eigenvalue weighted by Crippen LogP contribution is -2.38. The molecule has 0 bridgehead atoms. The third-order valence-electron chi connectivity index (χ3n) is 4.18. The van der Waals surface area contributed by atoms with Crippen LogP contribution in [0.25, 0.3) is 12.2 Å². The van der Waals surface area contributed by atoms with Gasteiger partial charge in [0.2, 0.25) is 0 Å². The molecule has 0 atom stereocenters. The van der Waals surface area contributed by atoms with Crippen LogP contribution in [-0.4, -0.2) is 27.4 Å². The fourth-order valence-electron chi connectivity index (χ4n) is 3.33. The fraction of sp³-hybridized carbons (Fsp3) is 0.263. The first-order chi connectivity index (χ1) is 10.3. The Bertz CT molecular complexity index is 601. The summed E-state index contributed by atoms with van der Waals surface area (Å²) in [5.74, 6) is 0. The first-order valence-electron chi connectivity index (χ1n) is 7.17. The summed E-state index contributed by atoms with van der Waals surface area (Å²) in [4.78, 5) is 0. The van der Waals surface area contributed by atoms with E-state index in [1.807, 2.05) is 0 Å². The summed E-state index contributed by atoms with van der Waals surface area (Å²) in [6, 6.07) is 17.0. The zero-order valence-electron chi connectivity index (χ0n) is 12.5. The van der Waals surface area contributed by atoms with Crippen molar-refractivity contribution >= 4 is 12.2 Å². The highest BCUT2D eigenvalue weighted by Crippen LogP contribution is 2.40. The van der Waals surface area contributed by atoms with E-state index in [4.69, 9.17) is 9.47 Å². The summed E-state index contributed by atoms with van der Waals surface area (Å²) < 4.78 is 11.2. The second-order valence-corrected chi connectivity index (χ2v) is 5.46. The van der Waals surface area contributed by atoms with Gasteiger partial charge in [0.25, 0.3) is 0 Å². The molecular weight excluding hydrogens is 260 g/mol. The SMILES string of the molecule is COCC1(COC)c2ccccc2C=Cc2ccccc21. The van der Waals surface area contributed by atoms with E-state index in [9.17, 15) is 0 Å². The van der Waals surface area contributed by atoms with Crippen molar-refractivity contribution in [2.24, 2.45) is 0 Å². The molecule has 0 radical (unpaired) electrons. The summed E-state index contributed by atoms with van der Waals surface area (Å²) in [7, 11) is 3.50. The van der Waals surface area contributed by atoms with E-state index in [1.54, 1.807) is 14.2 Å². The normalized spacial score (nSPS) is 15.1. The van der Waals surface area contributed by atoms with Crippen LogP contribution in [0.4, 0.5) is 0 Å². The minimum absolute atomic E-state index is 0.278. The maximum atomic E-state index is 5.60. The second kappa shape index (κ2) is 5.84. The molecule has 0 unspecified atom stereocenters. The van der Waals surface area contributed by atoms with Crippen molar-refractivity contribution in [2.75, 3.05) is 27.4 Å². The van der Waals surface area contributed by atoms with Gasteiger partial charge in [0.05, 0.1) is 18.6 Å². The number of rotatable bonds is 4. The van der Waals surface area contributed by atoms with E-state index in [0.717, 1.165) is 0 Å². The van der Waals surface area contributed by atoms with E-state index in [-0.39, 0.29) is 5.41 Å². The summed E-state index contributed by atoms with van der Waals surface area (Å²) in [6.07, 6.45) is 4.36. The van der Waals surface area contributed by atoms with Gasteiger partial charge in [-0.15, -0.1) is 0 Å². The van der Waals surface area contributed by atoms with Gasteiger partial charge in [-0.2, -0.15) is 0 Å². The van der Waals surface area contributed by atoms with Gasteiger partial charge < -0.3 is 9.47 Å². The first kappa shape index (κ1) is 14.1. The molecule has 0 fully saturated rings. The summed E-state index contributed by atoms with van der Waals surface area (Å²) in [5, 5.41) is 0. The summed E-state index contributed by atoms with van der Waals surface area (Å²) in [6.45, 7) is 1.19. The Morgan fingerprint density at radius 3 is 1.57 bits per heavy atom. The number of hydrogen-bond donors (Lipinski definition) is 0.